The summed E-state index contributed by atoms with van der Waals surface area (Å²) < 4.78 is 12.0. The van der Waals surface area contributed by atoms with Crippen molar-refractivity contribution in [2.75, 3.05) is 19.8 Å². The number of halogens is 1. The highest BCUT2D eigenvalue weighted by Gasteiger charge is 2.14. The summed E-state index contributed by atoms with van der Waals surface area (Å²) in [5.41, 5.74) is 1.15. The minimum Gasteiger partial charge on any atom is -0.486 e. The van der Waals surface area contributed by atoms with Gasteiger partial charge < -0.3 is 14.6 Å². The van der Waals surface area contributed by atoms with Crippen LogP contribution in [0.15, 0.2) is 16.6 Å². The van der Waals surface area contributed by atoms with Crippen LogP contribution in [0.3, 0.4) is 0 Å². The molecule has 1 heterocycles. The van der Waals surface area contributed by atoms with E-state index in [1.165, 1.54) is 0 Å². The molecule has 0 fully saturated rings. The Hall–Kier alpha value is -0.740. The van der Waals surface area contributed by atoms with E-state index in [9.17, 15) is 0 Å². The van der Waals surface area contributed by atoms with Gasteiger partial charge in [0.05, 0.1) is 0 Å². The van der Waals surface area contributed by atoms with Gasteiger partial charge in [-0.05, 0) is 30.5 Å². The Morgan fingerprint density at radius 1 is 1.20 bits per heavy atom. The second-order valence-electron chi connectivity index (χ2n) is 3.41. The largest absolute Gasteiger partial charge is 0.486 e. The third-order valence-electron chi connectivity index (χ3n) is 2.32. The fourth-order valence-corrected chi connectivity index (χ4v) is 2.09. The standard InChI is InChI=1S/C11H13BrO3/c12-9-7-11-10(14-4-5-15-11)6-8(9)2-1-3-13/h6-7,13H,1-5H2. The summed E-state index contributed by atoms with van der Waals surface area (Å²) in [6.45, 7) is 1.42. The second kappa shape index (κ2) is 4.86. The van der Waals surface area contributed by atoms with Crippen molar-refractivity contribution in [2.45, 2.75) is 12.8 Å². The number of ether oxygens (including phenoxy) is 2. The van der Waals surface area contributed by atoms with Gasteiger partial charge in [0, 0.05) is 11.1 Å². The highest BCUT2D eigenvalue weighted by atomic mass is 79.9. The summed E-state index contributed by atoms with van der Waals surface area (Å²) in [6, 6.07) is 3.91. The molecule has 0 radical (unpaired) electrons. The molecule has 1 aromatic carbocycles. The second-order valence-corrected chi connectivity index (χ2v) is 4.27. The van der Waals surface area contributed by atoms with Gasteiger partial charge in [0.25, 0.3) is 0 Å². The number of hydrogen-bond donors (Lipinski definition) is 1. The smallest absolute Gasteiger partial charge is 0.162 e. The van der Waals surface area contributed by atoms with Gasteiger partial charge >= 0.3 is 0 Å². The van der Waals surface area contributed by atoms with Crippen LogP contribution >= 0.6 is 15.9 Å². The molecule has 0 saturated carbocycles. The van der Waals surface area contributed by atoms with Crippen LogP contribution in [-0.2, 0) is 6.42 Å². The lowest BCUT2D eigenvalue weighted by atomic mass is 10.1. The van der Waals surface area contributed by atoms with Gasteiger partial charge in [-0.3, -0.25) is 0 Å². The van der Waals surface area contributed by atoms with Crippen LogP contribution in [0.25, 0.3) is 0 Å². The normalized spacial score (nSPS) is 14.0. The monoisotopic (exact) mass is 272 g/mol. The highest BCUT2D eigenvalue weighted by Crippen LogP contribution is 2.35. The molecule has 0 aromatic heterocycles. The van der Waals surface area contributed by atoms with Crippen molar-refractivity contribution < 1.29 is 14.6 Å². The van der Waals surface area contributed by atoms with Gasteiger partial charge in [-0.1, -0.05) is 15.9 Å². The average Bonchev–Trinajstić information content (AvgIpc) is 2.26. The van der Waals surface area contributed by atoms with E-state index in [4.69, 9.17) is 14.6 Å². The molecule has 0 atom stereocenters. The average molecular weight is 273 g/mol. The van der Waals surface area contributed by atoms with Crippen LogP contribution in [0.1, 0.15) is 12.0 Å². The topological polar surface area (TPSA) is 38.7 Å². The molecular formula is C11H13BrO3. The molecule has 1 aliphatic rings. The zero-order chi connectivity index (χ0) is 10.7. The Morgan fingerprint density at radius 3 is 2.53 bits per heavy atom. The SMILES string of the molecule is OCCCc1cc2c(cc1Br)OCCO2. The lowest BCUT2D eigenvalue weighted by Crippen LogP contribution is -2.15. The number of fused-ring (bicyclic) bond motifs is 1. The number of aliphatic hydroxyl groups excluding tert-OH is 1. The molecule has 82 valence electrons. The first kappa shape index (κ1) is 10.8. The van der Waals surface area contributed by atoms with E-state index >= 15 is 0 Å². The molecule has 4 heteroatoms. The van der Waals surface area contributed by atoms with E-state index in [1.54, 1.807) is 0 Å². The van der Waals surface area contributed by atoms with E-state index < -0.39 is 0 Å². The van der Waals surface area contributed by atoms with Gasteiger partial charge in [-0.15, -0.1) is 0 Å². The van der Waals surface area contributed by atoms with Crippen molar-refractivity contribution in [3.63, 3.8) is 0 Å². The van der Waals surface area contributed by atoms with Gasteiger partial charge in [0.15, 0.2) is 11.5 Å². The molecule has 0 amide bonds. The molecule has 1 N–H and O–H groups in total. The highest BCUT2D eigenvalue weighted by molar-refractivity contribution is 9.10. The molecule has 0 saturated heterocycles. The van der Waals surface area contributed by atoms with Crippen LogP contribution in [0.5, 0.6) is 11.5 Å². The van der Waals surface area contributed by atoms with Crippen LogP contribution in [-0.4, -0.2) is 24.9 Å². The van der Waals surface area contributed by atoms with Crippen molar-refractivity contribution in [1.29, 1.82) is 0 Å². The number of aryl methyl sites for hydroxylation is 1. The molecule has 3 nitrogen and oxygen atoms in total. The molecular weight excluding hydrogens is 260 g/mol. The Kier molecular flexibility index (Phi) is 3.49. The van der Waals surface area contributed by atoms with Crippen molar-refractivity contribution in [1.82, 2.24) is 0 Å². The lowest BCUT2D eigenvalue weighted by molar-refractivity contribution is 0.171. The summed E-state index contributed by atoms with van der Waals surface area (Å²) in [6.07, 6.45) is 1.60. The Labute approximate surface area is 97.1 Å². The van der Waals surface area contributed by atoms with Crippen LogP contribution < -0.4 is 9.47 Å². The van der Waals surface area contributed by atoms with E-state index in [1.807, 2.05) is 12.1 Å². The van der Waals surface area contributed by atoms with E-state index in [0.717, 1.165) is 34.4 Å². The summed E-state index contributed by atoms with van der Waals surface area (Å²) in [4.78, 5) is 0. The molecule has 0 unspecified atom stereocenters. The van der Waals surface area contributed by atoms with Crippen molar-refractivity contribution in [3.8, 4) is 11.5 Å². The van der Waals surface area contributed by atoms with Crippen molar-refractivity contribution in [3.05, 3.63) is 22.2 Å². The minimum atomic E-state index is 0.209. The van der Waals surface area contributed by atoms with Crippen LogP contribution in [0, 0.1) is 0 Å². The fraction of sp³-hybridized carbons (Fsp3) is 0.455. The molecule has 0 bridgehead atoms. The maximum atomic E-state index is 8.79. The Balaban J connectivity index is 2.24. The number of aliphatic hydroxyl groups is 1. The number of benzene rings is 1. The van der Waals surface area contributed by atoms with E-state index in [-0.39, 0.29) is 6.61 Å². The first-order valence-electron chi connectivity index (χ1n) is 5.00. The predicted octanol–water partition coefficient (Wildman–Crippen LogP) is 2.15. The molecule has 1 aliphatic heterocycles. The zero-order valence-corrected chi connectivity index (χ0v) is 9.92. The molecule has 0 aliphatic carbocycles. The third kappa shape index (κ3) is 2.44. The van der Waals surface area contributed by atoms with Gasteiger partial charge in [0.1, 0.15) is 13.2 Å². The first-order chi connectivity index (χ1) is 7.31. The van der Waals surface area contributed by atoms with Gasteiger partial charge in [-0.2, -0.15) is 0 Å². The van der Waals surface area contributed by atoms with Crippen molar-refractivity contribution in [2.24, 2.45) is 0 Å². The molecule has 1 aromatic rings. The van der Waals surface area contributed by atoms with E-state index in [0.29, 0.717) is 13.2 Å². The maximum absolute atomic E-state index is 8.79. The van der Waals surface area contributed by atoms with Crippen LogP contribution in [0.2, 0.25) is 0 Å². The Morgan fingerprint density at radius 2 is 1.87 bits per heavy atom. The lowest BCUT2D eigenvalue weighted by Gasteiger charge is -2.19. The summed E-state index contributed by atoms with van der Waals surface area (Å²) >= 11 is 3.49. The molecule has 0 spiro atoms. The third-order valence-corrected chi connectivity index (χ3v) is 3.05. The van der Waals surface area contributed by atoms with Crippen LogP contribution in [0.4, 0.5) is 0 Å². The molecule has 2 rings (SSSR count). The minimum absolute atomic E-state index is 0.209. The van der Waals surface area contributed by atoms with Gasteiger partial charge in [0.2, 0.25) is 0 Å². The summed E-state index contributed by atoms with van der Waals surface area (Å²) in [7, 11) is 0. The fourth-order valence-electron chi connectivity index (χ4n) is 1.57. The maximum Gasteiger partial charge on any atom is 0.162 e. The Bertz CT molecular complexity index is 352. The number of rotatable bonds is 3. The number of hydrogen-bond acceptors (Lipinski definition) is 3. The van der Waals surface area contributed by atoms with E-state index in [2.05, 4.69) is 15.9 Å². The summed E-state index contributed by atoms with van der Waals surface area (Å²) in [5.74, 6) is 1.60. The quantitative estimate of drug-likeness (QED) is 0.917. The predicted molar refractivity (Wildman–Crippen MR) is 60.5 cm³/mol. The zero-order valence-electron chi connectivity index (χ0n) is 8.33. The summed E-state index contributed by atoms with van der Waals surface area (Å²) in [5, 5.41) is 8.79. The van der Waals surface area contributed by atoms with Gasteiger partial charge in [-0.25, -0.2) is 0 Å². The first-order valence-corrected chi connectivity index (χ1v) is 5.79. The van der Waals surface area contributed by atoms with Crippen molar-refractivity contribution >= 4 is 15.9 Å². The molecule has 15 heavy (non-hydrogen) atoms.